The second-order valence-electron chi connectivity index (χ2n) is 6.88. The molecule has 7 heteroatoms. The summed E-state index contributed by atoms with van der Waals surface area (Å²) in [7, 11) is 0. The summed E-state index contributed by atoms with van der Waals surface area (Å²) in [5, 5.41) is 11.6. The number of anilines is 1. The number of rotatable bonds is 6. The second kappa shape index (κ2) is 8.71. The number of benzene rings is 1. The zero-order chi connectivity index (χ0) is 18.4. The molecule has 1 aromatic carbocycles. The first-order chi connectivity index (χ1) is 11.9. The molecule has 138 valence electrons. The van der Waals surface area contributed by atoms with E-state index in [4.69, 9.17) is 0 Å². The molecule has 0 unspecified atom stereocenters. The number of urea groups is 1. The third kappa shape index (κ3) is 5.09. The Balaban J connectivity index is 2.04. The van der Waals surface area contributed by atoms with Crippen molar-refractivity contribution in [2.45, 2.75) is 59.3 Å². The Morgan fingerprint density at radius 2 is 1.80 bits per heavy atom. The van der Waals surface area contributed by atoms with Crippen LogP contribution in [0.5, 0.6) is 0 Å². The fraction of sp³-hybridized carbons (Fsp3) is 0.556. The van der Waals surface area contributed by atoms with Crippen LogP contribution < -0.4 is 21.6 Å². The molecule has 7 nitrogen and oxygen atoms in total. The van der Waals surface area contributed by atoms with Crippen molar-refractivity contribution in [3.63, 3.8) is 0 Å². The van der Waals surface area contributed by atoms with Crippen molar-refractivity contribution in [3.05, 3.63) is 29.3 Å². The number of carbonyl (C=O) groups excluding carboxylic acids is 1. The minimum atomic E-state index is -0.305. The third-order valence-electron chi connectivity index (χ3n) is 4.10. The molecule has 0 saturated heterocycles. The van der Waals surface area contributed by atoms with E-state index in [1.807, 2.05) is 6.07 Å². The molecule has 1 heterocycles. The van der Waals surface area contributed by atoms with Gasteiger partial charge < -0.3 is 5.32 Å². The lowest BCUT2D eigenvalue weighted by Gasteiger charge is -2.20. The summed E-state index contributed by atoms with van der Waals surface area (Å²) in [6.07, 6.45) is 2.13. The van der Waals surface area contributed by atoms with E-state index in [1.54, 1.807) is 5.12 Å². The van der Waals surface area contributed by atoms with Gasteiger partial charge in [0.25, 0.3) is 0 Å². The number of nitrogens with zero attached hydrogens (tertiary/aromatic N) is 2. The first-order valence-corrected chi connectivity index (χ1v) is 9.00. The van der Waals surface area contributed by atoms with Crippen LogP contribution in [0.1, 0.15) is 70.4 Å². The number of para-hydroxylation sites is 1. The van der Waals surface area contributed by atoms with Crippen molar-refractivity contribution in [1.29, 1.82) is 0 Å². The minimum Gasteiger partial charge on any atom is -0.307 e. The van der Waals surface area contributed by atoms with Crippen LogP contribution in [0.3, 0.4) is 0 Å². The van der Waals surface area contributed by atoms with Crippen LogP contribution in [0.15, 0.2) is 23.3 Å². The van der Waals surface area contributed by atoms with Gasteiger partial charge in [0.15, 0.2) is 0 Å². The van der Waals surface area contributed by atoms with Gasteiger partial charge in [-0.3, -0.25) is 10.7 Å². The van der Waals surface area contributed by atoms with Gasteiger partial charge in [0, 0.05) is 12.2 Å². The predicted molar refractivity (Wildman–Crippen MR) is 102 cm³/mol. The molecule has 1 aliphatic rings. The molecule has 0 spiro atoms. The lowest BCUT2D eigenvalue weighted by atomic mass is 9.93. The monoisotopic (exact) mass is 346 g/mol. The summed E-state index contributed by atoms with van der Waals surface area (Å²) in [6.45, 7) is 11.4. The Morgan fingerprint density at radius 3 is 2.36 bits per heavy atom. The Morgan fingerprint density at radius 1 is 1.16 bits per heavy atom. The largest absolute Gasteiger partial charge is 0.326 e. The number of guanidine groups is 1. The Labute approximate surface area is 150 Å². The van der Waals surface area contributed by atoms with Crippen molar-refractivity contribution in [1.82, 2.24) is 21.4 Å². The average Bonchev–Trinajstić information content (AvgIpc) is 2.99. The number of hydrazine groups is 2. The van der Waals surface area contributed by atoms with Crippen molar-refractivity contribution in [2.24, 2.45) is 5.10 Å². The topological polar surface area (TPSA) is 80.8 Å². The first-order valence-electron chi connectivity index (χ1n) is 9.00. The molecule has 0 fully saturated rings. The summed E-state index contributed by atoms with van der Waals surface area (Å²) in [5.41, 5.74) is 9.00. The highest BCUT2D eigenvalue weighted by molar-refractivity contribution is 6.03. The number of unbranched alkanes of at least 4 members (excludes halogenated alkanes) is 1. The van der Waals surface area contributed by atoms with E-state index in [1.165, 1.54) is 0 Å². The van der Waals surface area contributed by atoms with E-state index in [-0.39, 0.29) is 6.03 Å². The Bertz CT molecular complexity index is 600. The van der Waals surface area contributed by atoms with E-state index in [2.05, 4.69) is 73.4 Å². The number of carbonyl (C=O) groups is 1. The van der Waals surface area contributed by atoms with Gasteiger partial charge in [0.2, 0.25) is 5.96 Å². The molecule has 1 aliphatic heterocycles. The SMILES string of the molecule is CCCCN1NN=C(NC(=O)Nc2c(C(C)C)cccc2C(C)C)N1. The van der Waals surface area contributed by atoms with Gasteiger partial charge >= 0.3 is 6.03 Å². The molecule has 4 N–H and O–H groups in total. The van der Waals surface area contributed by atoms with Gasteiger partial charge in [0.1, 0.15) is 0 Å². The molecular weight excluding hydrogens is 316 g/mol. The number of amides is 2. The molecule has 0 radical (unpaired) electrons. The second-order valence-corrected chi connectivity index (χ2v) is 6.88. The lowest BCUT2D eigenvalue weighted by molar-refractivity contribution is 0.176. The smallest absolute Gasteiger partial charge is 0.307 e. The van der Waals surface area contributed by atoms with E-state index >= 15 is 0 Å². The van der Waals surface area contributed by atoms with Crippen LogP contribution in [0, 0.1) is 0 Å². The van der Waals surface area contributed by atoms with Crippen molar-refractivity contribution < 1.29 is 4.79 Å². The normalized spacial score (nSPS) is 14.3. The fourth-order valence-electron chi connectivity index (χ4n) is 2.71. The van der Waals surface area contributed by atoms with E-state index in [0.717, 1.165) is 36.2 Å². The maximum absolute atomic E-state index is 12.4. The first kappa shape index (κ1) is 19.1. The van der Waals surface area contributed by atoms with Gasteiger partial charge in [-0.2, -0.15) is 0 Å². The van der Waals surface area contributed by atoms with Crippen molar-refractivity contribution in [2.75, 3.05) is 11.9 Å². The molecule has 0 atom stereocenters. The molecule has 1 aromatic rings. The Hall–Kier alpha value is -2.28. The van der Waals surface area contributed by atoms with E-state index in [0.29, 0.717) is 17.8 Å². The molecule has 0 saturated carbocycles. The highest BCUT2D eigenvalue weighted by Crippen LogP contribution is 2.32. The van der Waals surface area contributed by atoms with Gasteiger partial charge in [-0.15, -0.1) is 10.2 Å². The standard InChI is InChI=1S/C18H30N6O/c1-6-7-11-24-22-17(21-23-24)20-18(25)19-16-14(12(2)3)9-8-10-15(16)13(4)5/h8-10,12-13,23H,6-7,11H2,1-5H3,(H3,19,20,21,22,25). The van der Waals surface area contributed by atoms with Crippen LogP contribution in [-0.2, 0) is 0 Å². The van der Waals surface area contributed by atoms with Crippen LogP contribution >= 0.6 is 0 Å². The predicted octanol–water partition coefficient (Wildman–Crippen LogP) is 3.45. The zero-order valence-corrected chi connectivity index (χ0v) is 15.8. The summed E-state index contributed by atoms with van der Waals surface area (Å²) in [6, 6.07) is 5.86. The highest BCUT2D eigenvalue weighted by atomic mass is 16.2. The fourth-order valence-corrected chi connectivity index (χ4v) is 2.71. The molecule has 0 aliphatic carbocycles. The highest BCUT2D eigenvalue weighted by Gasteiger charge is 2.19. The molecule has 0 aromatic heterocycles. The summed E-state index contributed by atoms with van der Waals surface area (Å²) >= 11 is 0. The van der Waals surface area contributed by atoms with E-state index in [9.17, 15) is 4.79 Å². The summed E-state index contributed by atoms with van der Waals surface area (Å²) in [4.78, 5) is 12.4. The quantitative estimate of drug-likeness (QED) is 0.636. The van der Waals surface area contributed by atoms with Crippen LogP contribution in [0.25, 0.3) is 0 Å². The van der Waals surface area contributed by atoms with Gasteiger partial charge in [-0.25, -0.2) is 10.3 Å². The Kier molecular flexibility index (Phi) is 6.64. The number of hydrazone groups is 1. The van der Waals surface area contributed by atoms with Gasteiger partial charge in [-0.05, 0) is 29.4 Å². The van der Waals surface area contributed by atoms with Crippen molar-refractivity contribution in [3.8, 4) is 0 Å². The van der Waals surface area contributed by atoms with Crippen LogP contribution in [0.4, 0.5) is 10.5 Å². The molecule has 2 amide bonds. The molecule has 2 rings (SSSR count). The van der Waals surface area contributed by atoms with Crippen LogP contribution in [0.2, 0.25) is 0 Å². The van der Waals surface area contributed by atoms with E-state index < -0.39 is 0 Å². The maximum Gasteiger partial charge on any atom is 0.326 e. The lowest BCUT2D eigenvalue weighted by Crippen LogP contribution is -2.48. The number of hydrogen-bond acceptors (Lipinski definition) is 5. The number of nitrogens with one attached hydrogen (secondary N) is 4. The molecular formula is C18H30N6O. The third-order valence-corrected chi connectivity index (χ3v) is 4.10. The number of hydrogen-bond donors (Lipinski definition) is 4. The summed E-state index contributed by atoms with van der Waals surface area (Å²) in [5.74, 6) is 1.03. The van der Waals surface area contributed by atoms with Crippen molar-refractivity contribution >= 4 is 17.7 Å². The average molecular weight is 346 g/mol. The van der Waals surface area contributed by atoms with Gasteiger partial charge in [-0.1, -0.05) is 59.2 Å². The summed E-state index contributed by atoms with van der Waals surface area (Å²) < 4.78 is 0. The molecule has 25 heavy (non-hydrogen) atoms. The van der Waals surface area contributed by atoms with Gasteiger partial charge in [0.05, 0.1) is 0 Å². The van der Waals surface area contributed by atoms with Crippen LogP contribution in [-0.4, -0.2) is 23.7 Å². The maximum atomic E-state index is 12.4. The minimum absolute atomic E-state index is 0.305. The molecule has 0 bridgehead atoms. The zero-order valence-electron chi connectivity index (χ0n) is 15.8.